The lowest BCUT2D eigenvalue weighted by Crippen LogP contribution is -2.36. The van der Waals surface area contributed by atoms with Gasteiger partial charge in [-0.1, -0.05) is 6.92 Å². The molecule has 0 aromatic heterocycles. The zero-order valence-electron chi connectivity index (χ0n) is 10.2. The van der Waals surface area contributed by atoms with Crippen molar-refractivity contribution in [2.75, 3.05) is 18.1 Å². The standard InChI is InChI=1S/C11H23NO2S/c1-5-15-7-6-10(4)12-11(13)8-14-9(2)3/h9-10H,5-8H2,1-4H3,(H,12,13). The van der Waals surface area contributed by atoms with E-state index in [1.54, 1.807) is 0 Å². The average Bonchev–Trinajstić information content (AvgIpc) is 2.15. The first-order chi connectivity index (χ1) is 7.06. The molecular weight excluding hydrogens is 210 g/mol. The summed E-state index contributed by atoms with van der Waals surface area (Å²) in [5.74, 6) is 2.22. The van der Waals surface area contributed by atoms with Crippen molar-refractivity contribution in [2.24, 2.45) is 0 Å². The highest BCUT2D eigenvalue weighted by atomic mass is 32.2. The topological polar surface area (TPSA) is 38.3 Å². The summed E-state index contributed by atoms with van der Waals surface area (Å²) >= 11 is 1.90. The van der Waals surface area contributed by atoms with Gasteiger partial charge in [0, 0.05) is 6.04 Å². The monoisotopic (exact) mass is 233 g/mol. The smallest absolute Gasteiger partial charge is 0.246 e. The van der Waals surface area contributed by atoms with E-state index in [0.717, 1.165) is 17.9 Å². The second kappa shape index (κ2) is 9.04. The number of carbonyl (C=O) groups excluding carboxylic acids is 1. The quantitative estimate of drug-likeness (QED) is 0.652. The summed E-state index contributed by atoms with van der Waals surface area (Å²) in [6.45, 7) is 8.19. The third-order valence-electron chi connectivity index (χ3n) is 1.85. The molecule has 0 aliphatic rings. The highest BCUT2D eigenvalue weighted by molar-refractivity contribution is 7.99. The van der Waals surface area contributed by atoms with Gasteiger partial charge in [-0.2, -0.15) is 11.8 Å². The molecule has 0 aliphatic carbocycles. The molecule has 15 heavy (non-hydrogen) atoms. The molecular formula is C11H23NO2S. The molecule has 0 aliphatic heterocycles. The van der Waals surface area contributed by atoms with Crippen molar-refractivity contribution in [3.63, 3.8) is 0 Å². The fourth-order valence-electron chi connectivity index (χ4n) is 1.04. The Labute approximate surface area is 97.3 Å². The lowest BCUT2D eigenvalue weighted by atomic mass is 10.2. The molecule has 1 atom stereocenters. The molecule has 0 bridgehead atoms. The van der Waals surface area contributed by atoms with Crippen molar-refractivity contribution in [1.82, 2.24) is 5.32 Å². The van der Waals surface area contributed by atoms with Gasteiger partial charge in [-0.05, 0) is 38.7 Å². The minimum absolute atomic E-state index is 0.0160. The van der Waals surface area contributed by atoms with Crippen LogP contribution < -0.4 is 5.32 Å². The van der Waals surface area contributed by atoms with Crippen molar-refractivity contribution in [3.8, 4) is 0 Å². The Bertz CT molecular complexity index is 174. The SMILES string of the molecule is CCSCCC(C)NC(=O)COC(C)C. The predicted octanol–water partition coefficient (Wildman–Crippen LogP) is 2.06. The Morgan fingerprint density at radius 2 is 2.07 bits per heavy atom. The molecule has 0 radical (unpaired) electrons. The van der Waals surface area contributed by atoms with Crippen LogP contribution in [-0.4, -0.2) is 36.2 Å². The number of hydrogen-bond donors (Lipinski definition) is 1. The number of amides is 1. The Morgan fingerprint density at radius 1 is 1.40 bits per heavy atom. The first-order valence-electron chi connectivity index (χ1n) is 5.55. The summed E-state index contributed by atoms with van der Waals surface area (Å²) < 4.78 is 5.21. The van der Waals surface area contributed by atoms with Crippen LogP contribution >= 0.6 is 11.8 Å². The Balaban J connectivity index is 3.49. The van der Waals surface area contributed by atoms with Crippen LogP contribution in [0.1, 0.15) is 34.1 Å². The van der Waals surface area contributed by atoms with E-state index in [2.05, 4.69) is 12.2 Å². The highest BCUT2D eigenvalue weighted by Crippen LogP contribution is 2.03. The fraction of sp³-hybridized carbons (Fsp3) is 0.909. The number of thioether (sulfide) groups is 1. The van der Waals surface area contributed by atoms with E-state index >= 15 is 0 Å². The molecule has 0 saturated heterocycles. The van der Waals surface area contributed by atoms with E-state index in [9.17, 15) is 4.79 Å². The first kappa shape index (κ1) is 14.8. The zero-order chi connectivity index (χ0) is 11.7. The van der Waals surface area contributed by atoms with Crippen LogP contribution in [0.25, 0.3) is 0 Å². The molecule has 0 fully saturated rings. The maximum Gasteiger partial charge on any atom is 0.246 e. The van der Waals surface area contributed by atoms with E-state index in [1.165, 1.54) is 0 Å². The minimum atomic E-state index is -0.0160. The third-order valence-corrected chi connectivity index (χ3v) is 2.79. The maximum atomic E-state index is 11.3. The van der Waals surface area contributed by atoms with Crippen LogP contribution in [0.3, 0.4) is 0 Å². The molecule has 1 N–H and O–H groups in total. The Hall–Kier alpha value is -0.220. The van der Waals surface area contributed by atoms with Gasteiger partial charge in [0.15, 0.2) is 0 Å². The number of nitrogens with one attached hydrogen (secondary N) is 1. The van der Waals surface area contributed by atoms with E-state index in [-0.39, 0.29) is 24.7 Å². The second-order valence-electron chi connectivity index (χ2n) is 3.81. The van der Waals surface area contributed by atoms with Crippen molar-refractivity contribution in [1.29, 1.82) is 0 Å². The van der Waals surface area contributed by atoms with Crippen LogP contribution in [0.5, 0.6) is 0 Å². The van der Waals surface area contributed by atoms with Crippen molar-refractivity contribution < 1.29 is 9.53 Å². The van der Waals surface area contributed by atoms with Gasteiger partial charge < -0.3 is 10.1 Å². The molecule has 0 heterocycles. The number of hydrogen-bond acceptors (Lipinski definition) is 3. The van der Waals surface area contributed by atoms with Crippen LogP contribution in [0.4, 0.5) is 0 Å². The molecule has 4 heteroatoms. The van der Waals surface area contributed by atoms with Gasteiger partial charge in [0.2, 0.25) is 5.91 Å². The molecule has 1 amide bonds. The summed E-state index contributed by atoms with van der Waals surface area (Å²) in [5, 5.41) is 2.92. The summed E-state index contributed by atoms with van der Waals surface area (Å²) in [6, 6.07) is 0.243. The Kier molecular flexibility index (Phi) is 8.91. The van der Waals surface area contributed by atoms with Gasteiger partial charge in [-0.15, -0.1) is 0 Å². The molecule has 0 rings (SSSR count). The predicted molar refractivity (Wildman–Crippen MR) is 66.3 cm³/mol. The first-order valence-corrected chi connectivity index (χ1v) is 6.70. The maximum absolute atomic E-state index is 11.3. The number of carbonyl (C=O) groups is 1. The zero-order valence-corrected chi connectivity index (χ0v) is 11.0. The highest BCUT2D eigenvalue weighted by Gasteiger charge is 2.07. The molecule has 0 aromatic rings. The van der Waals surface area contributed by atoms with Crippen LogP contribution in [0.2, 0.25) is 0 Å². The average molecular weight is 233 g/mol. The van der Waals surface area contributed by atoms with Crippen LogP contribution in [-0.2, 0) is 9.53 Å². The van der Waals surface area contributed by atoms with Gasteiger partial charge in [-0.25, -0.2) is 0 Å². The summed E-state index contributed by atoms with van der Waals surface area (Å²) in [4.78, 5) is 11.3. The summed E-state index contributed by atoms with van der Waals surface area (Å²) in [6.07, 6.45) is 1.13. The molecule has 0 aromatic carbocycles. The van der Waals surface area contributed by atoms with Gasteiger partial charge in [0.25, 0.3) is 0 Å². The number of rotatable bonds is 8. The van der Waals surface area contributed by atoms with E-state index < -0.39 is 0 Å². The van der Waals surface area contributed by atoms with Crippen LogP contribution in [0, 0.1) is 0 Å². The summed E-state index contributed by atoms with van der Waals surface area (Å²) in [5.41, 5.74) is 0. The van der Waals surface area contributed by atoms with E-state index in [1.807, 2.05) is 32.5 Å². The van der Waals surface area contributed by atoms with E-state index in [4.69, 9.17) is 4.74 Å². The largest absolute Gasteiger partial charge is 0.369 e. The lowest BCUT2D eigenvalue weighted by molar-refractivity contribution is -0.127. The molecule has 0 spiro atoms. The fourth-order valence-corrected chi connectivity index (χ4v) is 1.84. The number of ether oxygens (including phenoxy) is 1. The van der Waals surface area contributed by atoms with Gasteiger partial charge in [-0.3, -0.25) is 4.79 Å². The van der Waals surface area contributed by atoms with Gasteiger partial charge in [0.05, 0.1) is 6.10 Å². The normalized spacial score (nSPS) is 12.9. The van der Waals surface area contributed by atoms with Crippen LogP contribution in [0.15, 0.2) is 0 Å². The van der Waals surface area contributed by atoms with Crippen molar-refractivity contribution in [3.05, 3.63) is 0 Å². The van der Waals surface area contributed by atoms with E-state index in [0.29, 0.717) is 0 Å². The molecule has 90 valence electrons. The van der Waals surface area contributed by atoms with Crippen molar-refractivity contribution in [2.45, 2.75) is 46.3 Å². The molecule has 1 unspecified atom stereocenters. The molecule has 3 nitrogen and oxygen atoms in total. The summed E-state index contributed by atoms with van der Waals surface area (Å²) in [7, 11) is 0. The Morgan fingerprint density at radius 3 is 2.60 bits per heavy atom. The van der Waals surface area contributed by atoms with Gasteiger partial charge >= 0.3 is 0 Å². The van der Waals surface area contributed by atoms with Gasteiger partial charge in [0.1, 0.15) is 6.61 Å². The third kappa shape index (κ3) is 10.1. The molecule has 0 saturated carbocycles. The second-order valence-corrected chi connectivity index (χ2v) is 5.21. The lowest BCUT2D eigenvalue weighted by Gasteiger charge is -2.14. The minimum Gasteiger partial charge on any atom is -0.369 e. The van der Waals surface area contributed by atoms with Crippen molar-refractivity contribution >= 4 is 17.7 Å².